The van der Waals surface area contributed by atoms with Crippen molar-refractivity contribution in [3.63, 3.8) is 0 Å². The molecule has 0 saturated carbocycles. The average molecular weight is 473 g/mol. The Bertz CT molecular complexity index is 1190. The summed E-state index contributed by atoms with van der Waals surface area (Å²) < 4.78 is 31.3. The van der Waals surface area contributed by atoms with E-state index in [0.717, 1.165) is 62.3 Å². The van der Waals surface area contributed by atoms with Crippen LogP contribution in [0.3, 0.4) is 0 Å². The summed E-state index contributed by atoms with van der Waals surface area (Å²) in [5, 5.41) is 1.09. The molecular weight excluding hydrogens is 440 g/mol. The smallest absolute Gasteiger partial charge is 0.234 e. The predicted molar refractivity (Wildman–Crippen MR) is 132 cm³/mol. The minimum Gasteiger partial charge on any atom is -0.491 e. The van der Waals surface area contributed by atoms with Crippen LogP contribution < -0.4 is 13.9 Å². The number of aromatic amines is 1. The Morgan fingerprint density at radius 2 is 2.00 bits per heavy atom. The molecular formula is C23H32N6O3S. The van der Waals surface area contributed by atoms with Gasteiger partial charge in [0.15, 0.2) is 11.6 Å². The molecule has 3 heterocycles. The van der Waals surface area contributed by atoms with Crippen LogP contribution in [0.25, 0.3) is 10.9 Å². The second-order valence-electron chi connectivity index (χ2n) is 8.26. The van der Waals surface area contributed by atoms with Gasteiger partial charge in [-0.15, -0.1) is 0 Å². The Morgan fingerprint density at radius 1 is 1.21 bits per heavy atom. The summed E-state index contributed by atoms with van der Waals surface area (Å²) in [4.78, 5) is 16.5. The number of anilines is 2. The molecule has 178 valence electrons. The molecule has 1 aliphatic heterocycles. The maximum Gasteiger partial charge on any atom is 0.234 e. The topological polar surface area (TPSA) is 94.7 Å². The van der Waals surface area contributed by atoms with Crippen LogP contribution in [-0.4, -0.2) is 80.9 Å². The van der Waals surface area contributed by atoms with E-state index in [4.69, 9.17) is 4.74 Å². The molecule has 0 amide bonds. The summed E-state index contributed by atoms with van der Waals surface area (Å²) in [5.74, 6) is 1.65. The summed E-state index contributed by atoms with van der Waals surface area (Å²) in [5.41, 5.74) is 2.95. The summed E-state index contributed by atoms with van der Waals surface area (Å²) in [7, 11) is -0.0199. The van der Waals surface area contributed by atoms with E-state index >= 15 is 0 Å². The van der Waals surface area contributed by atoms with Crippen molar-refractivity contribution in [3.8, 4) is 5.75 Å². The Kier molecular flexibility index (Phi) is 7.04. The Labute approximate surface area is 195 Å². The number of hydrogen-bond donors (Lipinski definition) is 1. The number of H-pyrrole nitrogens is 1. The van der Waals surface area contributed by atoms with E-state index in [1.807, 2.05) is 24.4 Å². The third-order valence-electron chi connectivity index (χ3n) is 6.37. The van der Waals surface area contributed by atoms with Crippen molar-refractivity contribution in [2.24, 2.45) is 0 Å². The van der Waals surface area contributed by atoms with Gasteiger partial charge in [0.1, 0.15) is 6.33 Å². The summed E-state index contributed by atoms with van der Waals surface area (Å²) >= 11 is 0. The van der Waals surface area contributed by atoms with Gasteiger partial charge in [0.2, 0.25) is 10.0 Å². The molecule has 0 atom stereocenters. The molecule has 0 unspecified atom stereocenters. The molecule has 1 fully saturated rings. The van der Waals surface area contributed by atoms with E-state index in [2.05, 4.69) is 24.8 Å². The molecule has 33 heavy (non-hydrogen) atoms. The Morgan fingerprint density at radius 3 is 2.73 bits per heavy atom. The lowest BCUT2D eigenvalue weighted by atomic mass is 10.1. The average Bonchev–Trinajstić information content (AvgIpc) is 3.26. The summed E-state index contributed by atoms with van der Waals surface area (Å²) in [6, 6.07) is 5.78. The second-order valence-corrected chi connectivity index (χ2v) is 10.5. The third-order valence-corrected chi connectivity index (χ3v) is 8.14. The van der Waals surface area contributed by atoms with E-state index in [0.29, 0.717) is 11.4 Å². The van der Waals surface area contributed by atoms with Crippen LogP contribution >= 0.6 is 0 Å². The van der Waals surface area contributed by atoms with Crippen LogP contribution in [0.5, 0.6) is 5.75 Å². The lowest BCUT2D eigenvalue weighted by Gasteiger charge is -2.35. The molecule has 0 spiro atoms. The highest BCUT2D eigenvalue weighted by molar-refractivity contribution is 7.92. The Balaban J connectivity index is 1.34. The van der Waals surface area contributed by atoms with Crippen molar-refractivity contribution in [1.82, 2.24) is 19.9 Å². The predicted octanol–water partition coefficient (Wildman–Crippen LogP) is 2.51. The number of nitrogens with one attached hydrogen (secondary N) is 1. The number of hydrogen-bond acceptors (Lipinski definition) is 7. The molecule has 4 rings (SSSR count). The number of benzene rings is 1. The first-order valence-corrected chi connectivity index (χ1v) is 12.9. The van der Waals surface area contributed by atoms with Crippen molar-refractivity contribution in [1.29, 1.82) is 0 Å². The van der Waals surface area contributed by atoms with Gasteiger partial charge in [-0.1, -0.05) is 0 Å². The quantitative estimate of drug-likeness (QED) is 0.511. The maximum absolute atomic E-state index is 12.3. The number of aryl methyl sites for hydroxylation is 1. The largest absolute Gasteiger partial charge is 0.491 e. The first-order chi connectivity index (χ1) is 15.9. The second kappa shape index (κ2) is 9.96. The number of methoxy groups -OCH3 is 1. The van der Waals surface area contributed by atoms with Gasteiger partial charge in [0, 0.05) is 50.3 Å². The van der Waals surface area contributed by atoms with Crippen molar-refractivity contribution < 1.29 is 13.2 Å². The van der Waals surface area contributed by atoms with Gasteiger partial charge in [-0.3, -0.25) is 9.21 Å². The van der Waals surface area contributed by atoms with Gasteiger partial charge < -0.3 is 14.6 Å². The Hall–Kier alpha value is -2.85. The van der Waals surface area contributed by atoms with Gasteiger partial charge >= 0.3 is 0 Å². The zero-order valence-corrected chi connectivity index (χ0v) is 20.3. The van der Waals surface area contributed by atoms with Crippen LogP contribution in [0.2, 0.25) is 0 Å². The number of aromatic nitrogens is 3. The molecule has 1 saturated heterocycles. The normalized spacial score (nSPS) is 15.2. The fourth-order valence-electron chi connectivity index (χ4n) is 4.29. The first-order valence-electron chi connectivity index (χ1n) is 11.3. The van der Waals surface area contributed by atoms with Crippen LogP contribution in [-0.2, 0) is 16.4 Å². The van der Waals surface area contributed by atoms with Gasteiger partial charge in [0.25, 0.3) is 0 Å². The zero-order valence-electron chi connectivity index (χ0n) is 19.5. The van der Waals surface area contributed by atoms with E-state index in [1.165, 1.54) is 9.87 Å². The van der Waals surface area contributed by atoms with Crippen LogP contribution in [0.1, 0.15) is 18.9 Å². The fraction of sp³-hybridized carbons (Fsp3) is 0.478. The molecule has 1 aromatic carbocycles. The molecule has 3 aromatic rings. The van der Waals surface area contributed by atoms with E-state index < -0.39 is 10.0 Å². The lowest BCUT2D eigenvalue weighted by molar-refractivity contribution is 0.253. The SMILES string of the molecule is CCS(=O)(=O)N(C)c1ccc2[nH]cc(CCCN3CCN(c4ncncc4OC)CC3)c2c1. The molecule has 9 nitrogen and oxygen atoms in total. The van der Waals surface area contributed by atoms with E-state index in [-0.39, 0.29) is 5.75 Å². The van der Waals surface area contributed by atoms with Gasteiger partial charge in [-0.2, -0.15) is 0 Å². The van der Waals surface area contributed by atoms with Gasteiger partial charge in [0.05, 0.1) is 24.7 Å². The molecule has 1 N–H and O–H groups in total. The summed E-state index contributed by atoms with van der Waals surface area (Å²) in [6.45, 7) is 6.45. The highest BCUT2D eigenvalue weighted by Gasteiger charge is 2.21. The number of rotatable bonds is 9. The number of sulfonamides is 1. The highest BCUT2D eigenvalue weighted by atomic mass is 32.2. The molecule has 10 heteroatoms. The molecule has 2 aromatic heterocycles. The van der Waals surface area contributed by atoms with E-state index in [1.54, 1.807) is 33.6 Å². The number of piperazine rings is 1. The third kappa shape index (κ3) is 5.06. The van der Waals surface area contributed by atoms with Crippen LogP contribution in [0.15, 0.2) is 36.9 Å². The maximum atomic E-state index is 12.3. The fourth-order valence-corrected chi connectivity index (χ4v) is 5.11. The van der Waals surface area contributed by atoms with Crippen LogP contribution in [0.4, 0.5) is 11.5 Å². The number of nitrogens with zero attached hydrogens (tertiary/aromatic N) is 5. The monoisotopic (exact) mass is 472 g/mol. The van der Waals surface area contributed by atoms with Crippen molar-refractivity contribution >= 4 is 32.4 Å². The molecule has 0 bridgehead atoms. The highest BCUT2D eigenvalue weighted by Crippen LogP contribution is 2.27. The minimum atomic E-state index is -3.28. The van der Waals surface area contributed by atoms with Gasteiger partial charge in [-0.05, 0) is 50.1 Å². The van der Waals surface area contributed by atoms with Crippen molar-refractivity contribution in [3.05, 3.63) is 42.5 Å². The standard InChI is InChI=1S/C23H32N6O3S/c1-4-33(30,31)27(2)19-7-8-21-20(14-19)18(15-25-21)6-5-9-28-10-12-29(13-11-28)23-22(32-3)16-24-17-26-23/h7-8,14-17,25H,4-6,9-13H2,1-3H3. The van der Waals surface area contributed by atoms with Crippen molar-refractivity contribution in [2.45, 2.75) is 19.8 Å². The number of ether oxygens (including phenoxy) is 1. The summed E-state index contributed by atoms with van der Waals surface area (Å²) in [6.07, 6.45) is 7.29. The zero-order chi connectivity index (χ0) is 23.4. The van der Waals surface area contributed by atoms with E-state index in [9.17, 15) is 8.42 Å². The lowest BCUT2D eigenvalue weighted by Crippen LogP contribution is -2.47. The molecule has 1 aliphatic rings. The van der Waals surface area contributed by atoms with Crippen molar-refractivity contribution in [2.75, 3.05) is 61.8 Å². The van der Waals surface area contributed by atoms with Crippen LogP contribution in [0, 0.1) is 0 Å². The van der Waals surface area contributed by atoms with Gasteiger partial charge in [-0.25, -0.2) is 18.4 Å². The first kappa shape index (κ1) is 23.3. The number of fused-ring (bicyclic) bond motifs is 1. The molecule has 0 radical (unpaired) electrons. The molecule has 0 aliphatic carbocycles. The minimum absolute atomic E-state index is 0.0821.